The number of nitrogens with zero attached hydrogens (tertiary/aromatic N) is 3. The van der Waals surface area contributed by atoms with Gasteiger partial charge in [0.15, 0.2) is 0 Å². The third kappa shape index (κ3) is 4.96. The van der Waals surface area contributed by atoms with E-state index >= 15 is 0 Å². The second kappa shape index (κ2) is 7.59. The van der Waals surface area contributed by atoms with Crippen molar-refractivity contribution in [3.63, 3.8) is 0 Å². The lowest BCUT2D eigenvalue weighted by molar-refractivity contribution is -0.385. The second-order valence-electron chi connectivity index (χ2n) is 4.15. The number of aromatic nitrogens is 2. The van der Waals surface area contributed by atoms with E-state index in [1.54, 1.807) is 6.92 Å². The molecule has 1 amide bonds. The zero-order chi connectivity index (χ0) is 15.1. The van der Waals surface area contributed by atoms with Crippen LogP contribution in [-0.2, 0) is 16.1 Å². The summed E-state index contributed by atoms with van der Waals surface area (Å²) in [5.74, 6) is -0.204. The molecule has 0 aliphatic carbocycles. The van der Waals surface area contributed by atoms with Crippen molar-refractivity contribution < 1.29 is 14.5 Å². The minimum absolute atomic E-state index is 0.0639. The first-order valence-electron chi connectivity index (χ1n) is 6.03. The molecule has 0 aliphatic rings. The molecule has 1 heterocycles. The van der Waals surface area contributed by atoms with Gasteiger partial charge in [0, 0.05) is 19.4 Å². The van der Waals surface area contributed by atoms with Crippen molar-refractivity contribution in [2.75, 3.05) is 6.54 Å². The molecule has 1 aromatic rings. The number of nitro groups is 1. The van der Waals surface area contributed by atoms with Gasteiger partial charge in [0.05, 0.1) is 11.5 Å². The van der Waals surface area contributed by atoms with Gasteiger partial charge in [-0.15, -0.1) is 0 Å². The predicted octanol–water partition coefficient (Wildman–Crippen LogP) is 1.15. The van der Waals surface area contributed by atoms with Crippen LogP contribution in [0.1, 0.15) is 25.0 Å². The van der Waals surface area contributed by atoms with Crippen LogP contribution in [0.2, 0.25) is 0 Å². The average molecular weight is 303 g/mol. The van der Waals surface area contributed by atoms with Crippen LogP contribution < -0.4 is 5.32 Å². The van der Waals surface area contributed by atoms with Crippen LogP contribution in [0.15, 0.2) is 6.20 Å². The Morgan fingerprint density at radius 2 is 2.20 bits per heavy atom. The largest absolute Gasteiger partial charge is 0.356 e. The summed E-state index contributed by atoms with van der Waals surface area (Å²) < 4.78 is 1.42. The Kier molecular flexibility index (Phi) is 6.10. The molecule has 0 saturated heterocycles. The molecule has 0 aliphatic heterocycles. The summed E-state index contributed by atoms with van der Waals surface area (Å²) >= 11 is 5.16. The molecular weight excluding hydrogens is 288 g/mol. The average Bonchev–Trinajstić information content (AvgIpc) is 2.73. The number of hydrogen-bond donors (Lipinski definition) is 1. The van der Waals surface area contributed by atoms with Gasteiger partial charge in [-0.3, -0.25) is 24.4 Å². The van der Waals surface area contributed by atoms with E-state index in [9.17, 15) is 19.7 Å². The van der Waals surface area contributed by atoms with Crippen LogP contribution in [0.25, 0.3) is 0 Å². The third-order valence-corrected chi connectivity index (χ3v) is 2.89. The van der Waals surface area contributed by atoms with Gasteiger partial charge in [0.25, 0.3) is 0 Å². The van der Waals surface area contributed by atoms with Gasteiger partial charge < -0.3 is 5.32 Å². The van der Waals surface area contributed by atoms with Gasteiger partial charge in [0.2, 0.25) is 11.1 Å². The maximum Gasteiger partial charge on any atom is 0.309 e. The van der Waals surface area contributed by atoms with Crippen molar-refractivity contribution in [2.45, 2.75) is 32.7 Å². The SMILES string of the molecule is Cc1c([N+](=O)[O-])cnn1CCC(=O)NCCCC(=O)Cl. The fraction of sp³-hybridized carbons (Fsp3) is 0.545. The molecule has 20 heavy (non-hydrogen) atoms. The van der Waals surface area contributed by atoms with Crippen molar-refractivity contribution in [1.82, 2.24) is 15.1 Å². The molecule has 0 aromatic carbocycles. The van der Waals surface area contributed by atoms with E-state index in [2.05, 4.69) is 10.4 Å². The highest BCUT2D eigenvalue weighted by Gasteiger charge is 2.16. The van der Waals surface area contributed by atoms with E-state index in [0.29, 0.717) is 18.7 Å². The fourth-order valence-electron chi connectivity index (χ4n) is 1.59. The summed E-state index contributed by atoms with van der Waals surface area (Å²) in [6.45, 7) is 2.21. The second-order valence-corrected chi connectivity index (χ2v) is 4.58. The summed E-state index contributed by atoms with van der Waals surface area (Å²) in [5, 5.41) is 16.7. The summed E-state index contributed by atoms with van der Waals surface area (Å²) in [6, 6.07) is 0. The Balaban J connectivity index is 2.34. The van der Waals surface area contributed by atoms with E-state index in [4.69, 9.17) is 11.6 Å². The van der Waals surface area contributed by atoms with Crippen LogP contribution in [0, 0.1) is 17.0 Å². The molecule has 9 heteroatoms. The number of aryl methyl sites for hydroxylation is 1. The molecule has 0 unspecified atom stereocenters. The highest BCUT2D eigenvalue weighted by atomic mass is 35.5. The Morgan fingerprint density at radius 3 is 2.75 bits per heavy atom. The monoisotopic (exact) mass is 302 g/mol. The van der Waals surface area contributed by atoms with E-state index in [1.807, 2.05) is 0 Å². The number of halogens is 1. The van der Waals surface area contributed by atoms with Gasteiger partial charge >= 0.3 is 5.69 Å². The lowest BCUT2D eigenvalue weighted by atomic mass is 10.3. The number of carbonyl (C=O) groups is 2. The predicted molar refractivity (Wildman–Crippen MR) is 71.3 cm³/mol. The molecular formula is C11H15ClN4O4. The number of nitrogens with one attached hydrogen (secondary N) is 1. The molecule has 8 nitrogen and oxygen atoms in total. The van der Waals surface area contributed by atoms with E-state index in [-0.39, 0.29) is 31.0 Å². The van der Waals surface area contributed by atoms with E-state index in [0.717, 1.165) is 0 Å². The van der Waals surface area contributed by atoms with Crippen molar-refractivity contribution in [3.05, 3.63) is 22.0 Å². The Labute approximate surface area is 120 Å². The molecule has 1 aromatic heterocycles. The first-order chi connectivity index (χ1) is 9.41. The maximum atomic E-state index is 11.5. The Bertz CT molecular complexity index is 515. The quantitative estimate of drug-likeness (QED) is 0.335. The number of carbonyl (C=O) groups excluding carboxylic acids is 2. The van der Waals surface area contributed by atoms with Gasteiger partial charge in [-0.2, -0.15) is 5.10 Å². The number of amides is 1. The maximum absolute atomic E-state index is 11.5. The first kappa shape index (κ1) is 16.1. The van der Waals surface area contributed by atoms with Gasteiger partial charge in [-0.05, 0) is 24.9 Å². The van der Waals surface area contributed by atoms with E-state index < -0.39 is 10.2 Å². The molecule has 110 valence electrons. The minimum Gasteiger partial charge on any atom is -0.356 e. The Hall–Kier alpha value is -1.96. The summed E-state index contributed by atoms with van der Waals surface area (Å²) in [5.41, 5.74) is 0.349. The number of hydrogen-bond acceptors (Lipinski definition) is 5. The van der Waals surface area contributed by atoms with Gasteiger partial charge in [0.1, 0.15) is 11.9 Å². The van der Waals surface area contributed by atoms with Crippen molar-refractivity contribution in [2.24, 2.45) is 0 Å². The lowest BCUT2D eigenvalue weighted by Gasteiger charge is -2.05. The standard InChI is InChI=1S/C11H15ClN4O4/c1-8-9(16(19)20)7-14-15(8)6-4-11(18)13-5-2-3-10(12)17/h7H,2-6H2,1H3,(H,13,18). The molecule has 0 saturated carbocycles. The van der Waals surface area contributed by atoms with Crippen LogP contribution in [0.4, 0.5) is 5.69 Å². The van der Waals surface area contributed by atoms with Crippen LogP contribution in [0.5, 0.6) is 0 Å². The minimum atomic E-state index is -0.512. The molecule has 0 spiro atoms. The molecule has 1 N–H and O–H groups in total. The zero-order valence-electron chi connectivity index (χ0n) is 11.0. The summed E-state index contributed by atoms with van der Waals surface area (Å²) in [4.78, 5) is 32.1. The van der Waals surface area contributed by atoms with Gasteiger partial charge in [-0.1, -0.05) is 0 Å². The van der Waals surface area contributed by atoms with Crippen LogP contribution in [0.3, 0.4) is 0 Å². The van der Waals surface area contributed by atoms with Crippen molar-refractivity contribution in [1.29, 1.82) is 0 Å². The van der Waals surface area contributed by atoms with E-state index in [1.165, 1.54) is 10.9 Å². The molecule has 0 fully saturated rings. The van der Waals surface area contributed by atoms with Crippen LogP contribution >= 0.6 is 11.6 Å². The Morgan fingerprint density at radius 1 is 1.50 bits per heavy atom. The van der Waals surface area contributed by atoms with Gasteiger partial charge in [-0.25, -0.2) is 0 Å². The summed E-state index contributed by atoms with van der Waals surface area (Å²) in [6.07, 6.45) is 2.03. The molecule has 0 bridgehead atoms. The van der Waals surface area contributed by atoms with Crippen LogP contribution in [-0.4, -0.2) is 32.4 Å². The highest BCUT2D eigenvalue weighted by molar-refractivity contribution is 6.63. The topological polar surface area (TPSA) is 107 Å². The highest BCUT2D eigenvalue weighted by Crippen LogP contribution is 2.16. The third-order valence-electron chi connectivity index (χ3n) is 2.70. The molecule has 0 atom stereocenters. The summed E-state index contributed by atoms with van der Waals surface area (Å²) in [7, 11) is 0. The normalized spacial score (nSPS) is 10.3. The van der Waals surface area contributed by atoms with Crippen molar-refractivity contribution >= 4 is 28.4 Å². The van der Waals surface area contributed by atoms with Crippen molar-refractivity contribution in [3.8, 4) is 0 Å². The lowest BCUT2D eigenvalue weighted by Crippen LogP contribution is -2.26. The smallest absolute Gasteiger partial charge is 0.309 e. The zero-order valence-corrected chi connectivity index (χ0v) is 11.7. The number of rotatable bonds is 8. The molecule has 0 radical (unpaired) electrons. The first-order valence-corrected chi connectivity index (χ1v) is 6.41. The molecule has 1 rings (SSSR count). The fourth-order valence-corrected chi connectivity index (χ4v) is 1.73.